The molecule has 1 aliphatic rings. The van der Waals surface area contributed by atoms with Gasteiger partial charge in [-0.3, -0.25) is 9.78 Å². The normalized spacial score (nSPS) is 19.6. The first-order valence-electron chi connectivity index (χ1n) is 9.47. The number of H-pyrrole nitrogens is 1. The van der Waals surface area contributed by atoms with Crippen molar-refractivity contribution in [2.75, 3.05) is 31.6 Å². The summed E-state index contributed by atoms with van der Waals surface area (Å²) in [6.07, 6.45) is 3.49. The van der Waals surface area contributed by atoms with E-state index in [1.54, 1.807) is 28.8 Å². The van der Waals surface area contributed by atoms with Crippen molar-refractivity contribution in [2.24, 2.45) is 0 Å². The van der Waals surface area contributed by atoms with Gasteiger partial charge in [0.2, 0.25) is 5.95 Å². The average molecular weight is 467 g/mol. The Kier molecular flexibility index (Phi) is 6.35. The maximum absolute atomic E-state index is 11.8. The first kappa shape index (κ1) is 21.8. The summed E-state index contributed by atoms with van der Waals surface area (Å²) in [5.41, 5.74) is 6.74. The van der Waals surface area contributed by atoms with Gasteiger partial charge in [-0.2, -0.15) is 4.98 Å². The number of ether oxygens (including phenoxy) is 1. The monoisotopic (exact) mass is 467 g/mol. The van der Waals surface area contributed by atoms with Crippen molar-refractivity contribution in [3.8, 4) is 0 Å². The zero-order valence-corrected chi connectivity index (χ0v) is 18.4. The fourth-order valence-corrected chi connectivity index (χ4v) is 5.07. The molecular formula is C18H22N5O6PS. The highest BCUT2D eigenvalue weighted by Crippen LogP contribution is 2.48. The van der Waals surface area contributed by atoms with Gasteiger partial charge in [0.1, 0.15) is 6.35 Å². The molecule has 0 aliphatic carbocycles. The van der Waals surface area contributed by atoms with Crippen LogP contribution in [-0.2, 0) is 30.2 Å². The molecule has 13 heteroatoms. The molecule has 2 unspecified atom stereocenters. The third kappa shape index (κ3) is 5.10. The van der Waals surface area contributed by atoms with Crippen LogP contribution in [0.15, 0.2) is 40.3 Å². The predicted molar refractivity (Wildman–Crippen MR) is 114 cm³/mol. The van der Waals surface area contributed by atoms with Crippen LogP contribution in [-0.4, -0.2) is 53.8 Å². The van der Waals surface area contributed by atoms with E-state index in [-0.39, 0.29) is 34.4 Å². The van der Waals surface area contributed by atoms with Gasteiger partial charge in [-0.15, -0.1) is 0 Å². The average Bonchev–Trinajstić information content (AvgIpc) is 3.14. The van der Waals surface area contributed by atoms with E-state index in [0.717, 1.165) is 5.56 Å². The summed E-state index contributed by atoms with van der Waals surface area (Å²) in [7, 11) is -4.47. The second-order valence-corrected chi connectivity index (χ2v) is 10.4. The van der Waals surface area contributed by atoms with Gasteiger partial charge in [-0.1, -0.05) is 12.1 Å². The third-order valence-electron chi connectivity index (χ3n) is 4.71. The summed E-state index contributed by atoms with van der Waals surface area (Å²) in [6.45, 7) is 1.32. The second kappa shape index (κ2) is 9.01. The van der Waals surface area contributed by atoms with Gasteiger partial charge in [-0.05, 0) is 17.7 Å². The maximum Gasteiger partial charge on any atom is 0.280 e. The standard InChI is InChI=1S/C18H22N5O6PS/c1-31(25,26)13-4-2-12(3-5-13)14-6-8-28-30(29-14)11-27-9-7-23-10-20-15-16(23)21-18(19)22-17(15)24/h2-5,10,14H,6-9,11H2,1H3,(H3,19,21,22,24). The van der Waals surface area contributed by atoms with E-state index in [1.165, 1.54) is 12.6 Å². The quantitative estimate of drug-likeness (QED) is 0.390. The number of sulfone groups is 1. The van der Waals surface area contributed by atoms with Crippen LogP contribution in [0.25, 0.3) is 11.2 Å². The zero-order valence-electron chi connectivity index (χ0n) is 16.7. The molecule has 0 spiro atoms. The number of aromatic nitrogens is 4. The first-order chi connectivity index (χ1) is 14.8. The Morgan fingerprint density at radius 1 is 1.35 bits per heavy atom. The molecule has 0 bridgehead atoms. The molecule has 166 valence electrons. The van der Waals surface area contributed by atoms with E-state index < -0.39 is 18.2 Å². The largest absolute Gasteiger partial charge is 0.370 e. The van der Waals surface area contributed by atoms with Gasteiger partial charge in [-0.25, -0.2) is 13.4 Å². The van der Waals surface area contributed by atoms with Crippen molar-refractivity contribution in [3.63, 3.8) is 0 Å². The van der Waals surface area contributed by atoms with Gasteiger partial charge >= 0.3 is 0 Å². The lowest BCUT2D eigenvalue weighted by molar-refractivity contribution is 0.0819. The van der Waals surface area contributed by atoms with Crippen molar-refractivity contribution >= 4 is 35.3 Å². The molecule has 31 heavy (non-hydrogen) atoms. The Labute approximate surface area is 179 Å². The highest BCUT2D eigenvalue weighted by atomic mass is 32.2. The molecule has 2 aromatic heterocycles. The van der Waals surface area contributed by atoms with Crippen LogP contribution in [0, 0.1) is 0 Å². The molecule has 1 aromatic carbocycles. The van der Waals surface area contributed by atoms with Crippen LogP contribution in [0.2, 0.25) is 0 Å². The lowest BCUT2D eigenvalue weighted by Gasteiger charge is -2.29. The number of nitrogen functional groups attached to an aromatic ring is 1. The highest BCUT2D eigenvalue weighted by Gasteiger charge is 2.25. The number of hydrogen-bond donors (Lipinski definition) is 2. The number of rotatable bonds is 7. The maximum atomic E-state index is 11.8. The first-order valence-corrected chi connectivity index (χ1v) is 12.7. The topological polar surface area (TPSA) is 151 Å². The SMILES string of the molecule is CS(=O)(=O)c1ccc(C2CCOP(COCCn3cnc4c(=O)[nH]c(N)nc43)O2)cc1. The minimum atomic E-state index is -3.23. The Bertz CT molecular complexity index is 1230. The van der Waals surface area contributed by atoms with Gasteiger partial charge in [0.05, 0.1) is 30.5 Å². The summed E-state index contributed by atoms with van der Waals surface area (Å²) < 4.78 is 42.3. The second-order valence-electron chi connectivity index (χ2n) is 6.99. The van der Waals surface area contributed by atoms with Crippen LogP contribution in [0.4, 0.5) is 5.95 Å². The highest BCUT2D eigenvalue weighted by molar-refractivity contribution is 7.90. The minimum Gasteiger partial charge on any atom is -0.370 e. The molecule has 1 aliphatic heterocycles. The Hall–Kier alpha value is -2.37. The van der Waals surface area contributed by atoms with E-state index in [1.807, 2.05) is 0 Å². The van der Waals surface area contributed by atoms with Crippen molar-refractivity contribution < 1.29 is 22.2 Å². The minimum absolute atomic E-state index is 0.0308. The number of nitrogens with one attached hydrogen (secondary N) is 1. The Balaban J connectivity index is 1.30. The van der Waals surface area contributed by atoms with Gasteiger partial charge in [0.25, 0.3) is 5.56 Å². The number of anilines is 1. The lowest BCUT2D eigenvalue weighted by atomic mass is 10.1. The molecule has 3 heterocycles. The summed E-state index contributed by atoms with van der Waals surface area (Å²) in [5, 5.41) is 0. The summed E-state index contributed by atoms with van der Waals surface area (Å²) in [5.74, 6) is 0.0308. The number of benzene rings is 1. The van der Waals surface area contributed by atoms with Crippen LogP contribution in [0.3, 0.4) is 0 Å². The van der Waals surface area contributed by atoms with Crippen LogP contribution in [0.5, 0.6) is 0 Å². The van der Waals surface area contributed by atoms with E-state index >= 15 is 0 Å². The van der Waals surface area contributed by atoms with Crippen molar-refractivity contribution in [2.45, 2.75) is 24.0 Å². The van der Waals surface area contributed by atoms with E-state index in [2.05, 4.69) is 15.0 Å². The fraction of sp³-hybridized carbons (Fsp3) is 0.389. The summed E-state index contributed by atoms with van der Waals surface area (Å²) in [4.78, 5) is 22.7. The van der Waals surface area contributed by atoms with E-state index in [0.29, 0.717) is 31.8 Å². The van der Waals surface area contributed by atoms with Crippen molar-refractivity contribution in [3.05, 3.63) is 46.5 Å². The molecule has 1 saturated heterocycles. The van der Waals surface area contributed by atoms with E-state index in [4.69, 9.17) is 19.5 Å². The molecule has 2 atom stereocenters. The van der Waals surface area contributed by atoms with Crippen LogP contribution < -0.4 is 11.3 Å². The van der Waals surface area contributed by atoms with Crippen LogP contribution in [0.1, 0.15) is 18.1 Å². The predicted octanol–water partition coefficient (Wildman–Crippen LogP) is 1.57. The van der Waals surface area contributed by atoms with Crippen molar-refractivity contribution in [1.82, 2.24) is 19.5 Å². The third-order valence-corrected chi connectivity index (χ3v) is 7.19. The van der Waals surface area contributed by atoms with Crippen molar-refractivity contribution in [1.29, 1.82) is 0 Å². The zero-order chi connectivity index (χ0) is 22.0. The molecule has 0 saturated carbocycles. The fourth-order valence-electron chi connectivity index (χ4n) is 3.15. The number of aromatic amines is 1. The number of fused-ring (bicyclic) bond motifs is 1. The molecule has 4 rings (SSSR count). The number of nitrogens with zero attached hydrogens (tertiary/aromatic N) is 3. The molecule has 11 nitrogen and oxygen atoms in total. The number of imidazole rings is 1. The Morgan fingerprint density at radius 2 is 2.13 bits per heavy atom. The van der Waals surface area contributed by atoms with E-state index in [9.17, 15) is 13.2 Å². The molecule has 3 N–H and O–H groups in total. The Morgan fingerprint density at radius 3 is 2.87 bits per heavy atom. The van der Waals surface area contributed by atoms with Crippen LogP contribution >= 0.6 is 8.38 Å². The summed E-state index contributed by atoms with van der Waals surface area (Å²) >= 11 is 0. The number of hydrogen-bond acceptors (Lipinski definition) is 9. The molecule has 0 amide bonds. The van der Waals surface area contributed by atoms with Gasteiger partial charge < -0.3 is 24.1 Å². The summed E-state index contributed by atoms with van der Waals surface area (Å²) in [6, 6.07) is 6.71. The number of nitrogens with two attached hydrogens (primary N) is 1. The molecule has 1 fully saturated rings. The van der Waals surface area contributed by atoms with Gasteiger partial charge in [0.15, 0.2) is 29.4 Å². The molecular weight excluding hydrogens is 445 g/mol. The molecule has 3 aromatic rings. The lowest BCUT2D eigenvalue weighted by Crippen LogP contribution is -2.15. The smallest absolute Gasteiger partial charge is 0.280 e. The van der Waals surface area contributed by atoms with Gasteiger partial charge in [0, 0.05) is 19.2 Å². The molecule has 0 radical (unpaired) electrons.